The van der Waals surface area contributed by atoms with Crippen LogP contribution in [0.5, 0.6) is 0 Å². The number of ether oxygens (including phenoxy) is 1. The zero-order chi connectivity index (χ0) is 21.0. The Morgan fingerprint density at radius 1 is 1.06 bits per heavy atom. The second-order valence-electron chi connectivity index (χ2n) is 8.20. The Bertz CT molecular complexity index is 1030. The maximum absolute atomic E-state index is 6.11. The first-order valence-electron chi connectivity index (χ1n) is 11.0. The molecule has 1 unspecified atom stereocenters. The predicted molar refractivity (Wildman–Crippen MR) is 125 cm³/mol. The first-order chi connectivity index (χ1) is 15.3. The third kappa shape index (κ3) is 4.59. The summed E-state index contributed by atoms with van der Waals surface area (Å²) < 4.78 is 5.41. The molecule has 0 bridgehead atoms. The van der Waals surface area contributed by atoms with E-state index in [0.29, 0.717) is 5.95 Å². The smallest absolute Gasteiger partial charge is 0.223 e. The molecule has 2 aromatic carbocycles. The van der Waals surface area contributed by atoms with Crippen LogP contribution in [-0.4, -0.2) is 54.3 Å². The topological polar surface area (TPSA) is 50.3 Å². The molecule has 2 heterocycles. The normalized spacial score (nSPS) is 18.3. The molecule has 0 amide bonds. The minimum absolute atomic E-state index is 0.289. The largest absolute Gasteiger partial charge is 0.379 e. The van der Waals surface area contributed by atoms with Crippen molar-refractivity contribution in [1.29, 1.82) is 0 Å². The van der Waals surface area contributed by atoms with E-state index in [1.807, 2.05) is 18.3 Å². The first-order valence-corrected chi connectivity index (χ1v) is 11.4. The lowest BCUT2D eigenvalue weighted by molar-refractivity contribution is 0.0378. The van der Waals surface area contributed by atoms with Gasteiger partial charge < -0.3 is 10.1 Å². The number of morpholine rings is 1. The third-order valence-corrected chi connectivity index (χ3v) is 6.44. The number of halogens is 1. The Hall–Kier alpha value is -2.47. The molecule has 160 valence electrons. The van der Waals surface area contributed by atoms with E-state index >= 15 is 0 Å². The van der Waals surface area contributed by atoms with Crippen LogP contribution in [0.4, 0.5) is 5.95 Å². The highest BCUT2D eigenvalue weighted by atomic mass is 35.5. The van der Waals surface area contributed by atoms with E-state index in [4.69, 9.17) is 21.3 Å². The van der Waals surface area contributed by atoms with Gasteiger partial charge in [-0.3, -0.25) is 4.90 Å². The fraction of sp³-hybridized carbons (Fsp3) is 0.360. The summed E-state index contributed by atoms with van der Waals surface area (Å²) in [5.41, 5.74) is 6.02. The van der Waals surface area contributed by atoms with Crippen LogP contribution in [0.15, 0.2) is 54.7 Å². The Balaban J connectivity index is 1.31. The highest BCUT2D eigenvalue weighted by molar-refractivity contribution is 6.30. The summed E-state index contributed by atoms with van der Waals surface area (Å²) in [7, 11) is 0. The summed E-state index contributed by atoms with van der Waals surface area (Å²) >= 11 is 6.11. The average molecular weight is 435 g/mol. The highest BCUT2D eigenvalue weighted by Gasteiger charge is 2.27. The Morgan fingerprint density at radius 2 is 1.87 bits per heavy atom. The lowest BCUT2D eigenvalue weighted by atomic mass is 9.78. The monoisotopic (exact) mass is 434 g/mol. The van der Waals surface area contributed by atoms with Crippen molar-refractivity contribution < 1.29 is 4.74 Å². The molecule has 2 aliphatic rings. The number of anilines is 1. The van der Waals surface area contributed by atoms with Gasteiger partial charge in [0.15, 0.2) is 0 Å². The van der Waals surface area contributed by atoms with Crippen molar-refractivity contribution in [2.24, 2.45) is 0 Å². The minimum Gasteiger partial charge on any atom is -0.379 e. The number of rotatable bonds is 6. The molecule has 1 atom stereocenters. The number of hydrogen-bond acceptors (Lipinski definition) is 5. The van der Waals surface area contributed by atoms with Crippen LogP contribution < -0.4 is 5.32 Å². The summed E-state index contributed by atoms with van der Waals surface area (Å²) in [4.78, 5) is 12.0. The van der Waals surface area contributed by atoms with Gasteiger partial charge in [-0.15, -0.1) is 0 Å². The second-order valence-corrected chi connectivity index (χ2v) is 8.63. The molecule has 0 saturated carbocycles. The van der Waals surface area contributed by atoms with E-state index in [1.54, 1.807) is 0 Å². The molecule has 6 heteroatoms. The van der Waals surface area contributed by atoms with Crippen molar-refractivity contribution in [3.05, 3.63) is 76.4 Å². The zero-order valence-electron chi connectivity index (χ0n) is 17.6. The molecule has 5 nitrogen and oxygen atoms in total. The fourth-order valence-electron chi connectivity index (χ4n) is 4.54. The van der Waals surface area contributed by atoms with Crippen molar-refractivity contribution in [2.45, 2.75) is 18.8 Å². The van der Waals surface area contributed by atoms with Crippen molar-refractivity contribution in [3.63, 3.8) is 0 Å². The van der Waals surface area contributed by atoms with E-state index < -0.39 is 0 Å². The molecule has 5 rings (SSSR count). The van der Waals surface area contributed by atoms with Gasteiger partial charge in [-0.25, -0.2) is 9.97 Å². The van der Waals surface area contributed by atoms with Crippen LogP contribution in [0.1, 0.15) is 29.0 Å². The molecule has 0 radical (unpaired) electrons. The number of aromatic nitrogens is 2. The molecular formula is C25H27ClN4O. The average Bonchev–Trinajstić information content (AvgIpc) is 2.83. The van der Waals surface area contributed by atoms with E-state index in [2.05, 4.69) is 51.6 Å². The number of benzene rings is 2. The molecule has 1 saturated heterocycles. The molecule has 1 N–H and O–H groups in total. The van der Waals surface area contributed by atoms with Gasteiger partial charge in [-0.1, -0.05) is 48.0 Å². The van der Waals surface area contributed by atoms with Gasteiger partial charge in [0.1, 0.15) is 0 Å². The van der Waals surface area contributed by atoms with E-state index in [-0.39, 0.29) is 5.92 Å². The van der Waals surface area contributed by atoms with Crippen LogP contribution in [0.3, 0.4) is 0 Å². The van der Waals surface area contributed by atoms with Gasteiger partial charge in [-0.05, 0) is 48.2 Å². The van der Waals surface area contributed by atoms with Crippen molar-refractivity contribution in [1.82, 2.24) is 14.9 Å². The second kappa shape index (κ2) is 9.35. The summed E-state index contributed by atoms with van der Waals surface area (Å²) in [6, 6.07) is 16.8. The standard InChI is InChI=1S/C25H27ClN4O/c26-20-8-6-18(7-9-20)23-16-19-17-28-25(27-10-3-11-30-12-14-31-15-13-30)29-24(19)22-5-2-1-4-21(22)23/h1-2,4-9,17,23H,3,10-16H2,(H,27,28,29). The maximum atomic E-state index is 6.11. The Kier molecular flexibility index (Phi) is 6.16. The first kappa shape index (κ1) is 20.4. The SMILES string of the molecule is Clc1ccc(C2Cc3cnc(NCCCN4CCOCC4)nc3-c3ccccc32)cc1. The summed E-state index contributed by atoms with van der Waals surface area (Å²) in [5, 5.41) is 4.18. The summed E-state index contributed by atoms with van der Waals surface area (Å²) in [5.74, 6) is 0.998. The molecule has 3 aromatic rings. The molecule has 1 aromatic heterocycles. The third-order valence-electron chi connectivity index (χ3n) is 6.19. The minimum atomic E-state index is 0.289. The Labute approximate surface area is 188 Å². The van der Waals surface area contributed by atoms with Gasteiger partial charge in [0.2, 0.25) is 5.95 Å². The maximum Gasteiger partial charge on any atom is 0.223 e. The zero-order valence-corrected chi connectivity index (χ0v) is 18.3. The van der Waals surface area contributed by atoms with Gasteiger partial charge in [0.05, 0.1) is 18.9 Å². The van der Waals surface area contributed by atoms with Crippen LogP contribution in [0, 0.1) is 0 Å². The number of fused-ring (bicyclic) bond motifs is 3. The molecule has 1 aliphatic heterocycles. The summed E-state index contributed by atoms with van der Waals surface area (Å²) in [6.07, 6.45) is 3.95. The van der Waals surface area contributed by atoms with E-state index in [9.17, 15) is 0 Å². The fourth-order valence-corrected chi connectivity index (χ4v) is 4.67. The lowest BCUT2D eigenvalue weighted by Gasteiger charge is -2.28. The van der Waals surface area contributed by atoms with Gasteiger partial charge in [-0.2, -0.15) is 0 Å². The van der Waals surface area contributed by atoms with E-state index in [0.717, 1.165) is 63.0 Å². The quantitative estimate of drug-likeness (QED) is 0.574. The molecule has 0 spiro atoms. The van der Waals surface area contributed by atoms with Gasteiger partial charge >= 0.3 is 0 Å². The highest BCUT2D eigenvalue weighted by Crippen LogP contribution is 2.41. The van der Waals surface area contributed by atoms with Crippen molar-refractivity contribution >= 4 is 17.5 Å². The van der Waals surface area contributed by atoms with Gasteiger partial charge in [0, 0.05) is 42.3 Å². The lowest BCUT2D eigenvalue weighted by Crippen LogP contribution is -2.37. The van der Waals surface area contributed by atoms with Crippen molar-refractivity contribution in [2.75, 3.05) is 44.7 Å². The predicted octanol–water partition coefficient (Wildman–Crippen LogP) is 4.62. The molecule has 1 fully saturated rings. The van der Waals surface area contributed by atoms with E-state index in [1.165, 1.54) is 22.3 Å². The van der Waals surface area contributed by atoms with Crippen LogP contribution >= 0.6 is 11.6 Å². The molecule has 1 aliphatic carbocycles. The molecule has 31 heavy (non-hydrogen) atoms. The number of nitrogens with zero attached hydrogens (tertiary/aromatic N) is 3. The number of nitrogens with one attached hydrogen (secondary N) is 1. The van der Waals surface area contributed by atoms with Crippen LogP contribution in [0.2, 0.25) is 5.02 Å². The summed E-state index contributed by atoms with van der Waals surface area (Å²) in [6.45, 7) is 5.69. The van der Waals surface area contributed by atoms with Crippen LogP contribution in [0.25, 0.3) is 11.3 Å². The van der Waals surface area contributed by atoms with Gasteiger partial charge in [0.25, 0.3) is 0 Å². The van der Waals surface area contributed by atoms with Crippen LogP contribution in [-0.2, 0) is 11.2 Å². The number of hydrogen-bond donors (Lipinski definition) is 1. The molecular weight excluding hydrogens is 408 g/mol. The Morgan fingerprint density at radius 3 is 2.71 bits per heavy atom. The van der Waals surface area contributed by atoms with Crippen molar-refractivity contribution in [3.8, 4) is 11.3 Å².